The quantitative estimate of drug-likeness (QED) is 0.541. The number of piperidine rings is 1. The molecule has 28 heavy (non-hydrogen) atoms. The molecule has 0 aliphatic carbocycles. The molecule has 1 saturated heterocycles. The number of nitrogens with one attached hydrogen (secondary N) is 4. The first-order valence-electron chi connectivity index (χ1n) is 9.18. The molecule has 2 aromatic heterocycles. The number of carbonyl (C=O) groups excluding carboxylic acids is 2. The topological polar surface area (TPSA) is 106 Å². The number of likely N-dealkylation sites (tertiary alicyclic amines) is 1. The molecule has 0 saturated carbocycles. The highest BCUT2D eigenvalue weighted by molar-refractivity contribution is 6.31. The van der Waals surface area contributed by atoms with E-state index in [0.717, 1.165) is 29.4 Å². The molecule has 1 aliphatic rings. The number of hydrogen-bond acceptors (Lipinski definition) is 3. The zero-order chi connectivity index (χ0) is 19.5. The average Bonchev–Trinajstić information content (AvgIpc) is 3.35. The van der Waals surface area contributed by atoms with Crippen LogP contribution in [-0.2, 0) is 6.54 Å². The lowest BCUT2D eigenvalue weighted by Crippen LogP contribution is -2.51. The lowest BCUT2D eigenvalue weighted by atomic mass is 10.1. The molecule has 8 nitrogen and oxygen atoms in total. The number of aromatic nitrogens is 3. The van der Waals surface area contributed by atoms with E-state index in [1.54, 1.807) is 17.2 Å². The van der Waals surface area contributed by atoms with Gasteiger partial charge in [-0.15, -0.1) is 0 Å². The van der Waals surface area contributed by atoms with Crippen LogP contribution in [0.4, 0.5) is 4.79 Å². The first-order valence-corrected chi connectivity index (χ1v) is 9.56. The Bertz CT molecular complexity index is 984. The molecule has 0 unspecified atom stereocenters. The molecule has 0 bridgehead atoms. The first kappa shape index (κ1) is 18.4. The van der Waals surface area contributed by atoms with E-state index in [1.165, 1.54) is 0 Å². The smallest absolute Gasteiger partial charge is 0.315 e. The van der Waals surface area contributed by atoms with Gasteiger partial charge in [0.2, 0.25) is 0 Å². The van der Waals surface area contributed by atoms with E-state index in [9.17, 15) is 9.59 Å². The van der Waals surface area contributed by atoms with Crippen molar-refractivity contribution >= 4 is 34.4 Å². The van der Waals surface area contributed by atoms with Gasteiger partial charge in [0, 0.05) is 46.9 Å². The summed E-state index contributed by atoms with van der Waals surface area (Å²) >= 11 is 6.00. The van der Waals surface area contributed by atoms with Gasteiger partial charge in [0.25, 0.3) is 5.91 Å². The Morgan fingerprint density at radius 2 is 2.18 bits per heavy atom. The normalized spacial score (nSPS) is 16.9. The van der Waals surface area contributed by atoms with Gasteiger partial charge in [0.15, 0.2) is 0 Å². The maximum absolute atomic E-state index is 12.4. The minimum atomic E-state index is -0.252. The number of H-pyrrole nitrogens is 2. The lowest BCUT2D eigenvalue weighted by molar-refractivity contribution is 0.0691. The van der Waals surface area contributed by atoms with E-state index in [-0.39, 0.29) is 18.0 Å². The van der Waals surface area contributed by atoms with Crippen LogP contribution < -0.4 is 10.6 Å². The van der Waals surface area contributed by atoms with E-state index in [1.807, 2.05) is 24.3 Å². The van der Waals surface area contributed by atoms with Crippen molar-refractivity contribution in [2.75, 3.05) is 13.1 Å². The molecular formula is C19H21ClN6O2. The predicted octanol–water partition coefficient (Wildman–Crippen LogP) is 2.65. The second-order valence-electron chi connectivity index (χ2n) is 6.91. The molecule has 146 valence electrons. The van der Waals surface area contributed by atoms with Crippen LogP contribution in [0.15, 0.2) is 36.5 Å². The second kappa shape index (κ2) is 7.93. The highest BCUT2D eigenvalue weighted by Crippen LogP contribution is 2.20. The van der Waals surface area contributed by atoms with Crippen LogP contribution in [0.1, 0.15) is 29.0 Å². The molecule has 3 aromatic rings. The van der Waals surface area contributed by atoms with Crippen LogP contribution in [0.3, 0.4) is 0 Å². The minimum Gasteiger partial charge on any atom is -0.357 e. The van der Waals surface area contributed by atoms with Gasteiger partial charge in [-0.25, -0.2) is 4.79 Å². The Kier molecular flexibility index (Phi) is 5.21. The molecule has 3 heterocycles. The summed E-state index contributed by atoms with van der Waals surface area (Å²) in [4.78, 5) is 29.7. The zero-order valence-corrected chi connectivity index (χ0v) is 15.9. The number of rotatable bonds is 4. The predicted molar refractivity (Wildman–Crippen MR) is 106 cm³/mol. The van der Waals surface area contributed by atoms with Crippen LogP contribution in [0.2, 0.25) is 5.02 Å². The third-order valence-electron chi connectivity index (χ3n) is 4.85. The van der Waals surface area contributed by atoms with Crippen molar-refractivity contribution in [3.05, 3.63) is 52.9 Å². The largest absolute Gasteiger partial charge is 0.357 e. The average molecular weight is 401 g/mol. The molecule has 1 atom stereocenters. The molecule has 4 rings (SSSR count). The molecule has 1 fully saturated rings. The molecule has 0 radical (unpaired) electrons. The minimum absolute atomic E-state index is 0.0813. The molecular weight excluding hydrogens is 380 g/mol. The van der Waals surface area contributed by atoms with E-state index in [2.05, 4.69) is 25.8 Å². The summed E-state index contributed by atoms with van der Waals surface area (Å²) in [6, 6.07) is 8.90. The number of benzene rings is 1. The van der Waals surface area contributed by atoms with Crippen LogP contribution >= 0.6 is 11.6 Å². The van der Waals surface area contributed by atoms with Gasteiger partial charge >= 0.3 is 6.03 Å². The molecule has 0 spiro atoms. The number of hydrogen-bond donors (Lipinski definition) is 4. The van der Waals surface area contributed by atoms with Crippen molar-refractivity contribution in [2.45, 2.75) is 25.4 Å². The maximum atomic E-state index is 12.4. The lowest BCUT2D eigenvalue weighted by Gasteiger charge is -2.32. The molecule has 3 amide bonds. The SMILES string of the molecule is O=C(NCc1cc2cc(Cl)ccc2[nH]1)N[C@@H]1CCCN(C(=O)c2ccn[nH]2)C1. The van der Waals surface area contributed by atoms with Gasteiger partial charge < -0.3 is 20.5 Å². The molecule has 1 aromatic carbocycles. The highest BCUT2D eigenvalue weighted by atomic mass is 35.5. The maximum Gasteiger partial charge on any atom is 0.315 e. The number of amides is 3. The summed E-state index contributed by atoms with van der Waals surface area (Å²) in [6.45, 7) is 1.53. The van der Waals surface area contributed by atoms with Gasteiger partial charge in [-0.1, -0.05) is 11.6 Å². The standard InChI is InChI=1S/C19H21ClN6O2/c20-13-3-4-16-12(8-13)9-15(23-16)10-21-19(28)24-14-2-1-7-26(11-14)18(27)17-5-6-22-25-17/h3-6,8-9,14,23H,1-2,7,10-11H2,(H,22,25)(H2,21,24,28)/t14-/m1/s1. The van der Waals surface area contributed by atoms with Gasteiger partial charge in [-0.2, -0.15) is 5.10 Å². The molecule has 4 N–H and O–H groups in total. The number of carbonyl (C=O) groups is 2. The van der Waals surface area contributed by atoms with E-state index < -0.39 is 0 Å². The van der Waals surface area contributed by atoms with Crippen molar-refractivity contribution in [1.82, 2.24) is 30.7 Å². The van der Waals surface area contributed by atoms with Crippen molar-refractivity contribution in [3.8, 4) is 0 Å². The second-order valence-corrected chi connectivity index (χ2v) is 7.35. The summed E-state index contributed by atoms with van der Waals surface area (Å²) in [7, 11) is 0. The van der Waals surface area contributed by atoms with E-state index >= 15 is 0 Å². The Balaban J connectivity index is 1.29. The first-order chi connectivity index (χ1) is 13.6. The third kappa shape index (κ3) is 4.12. The van der Waals surface area contributed by atoms with Gasteiger partial charge in [-0.3, -0.25) is 9.89 Å². The van der Waals surface area contributed by atoms with Gasteiger partial charge in [-0.05, 0) is 43.2 Å². The van der Waals surface area contributed by atoms with Crippen LogP contribution in [0, 0.1) is 0 Å². The number of fused-ring (bicyclic) bond motifs is 1. The third-order valence-corrected chi connectivity index (χ3v) is 5.09. The number of aromatic amines is 2. The monoisotopic (exact) mass is 400 g/mol. The van der Waals surface area contributed by atoms with Crippen LogP contribution in [0.25, 0.3) is 10.9 Å². The summed E-state index contributed by atoms with van der Waals surface area (Å²) in [5.41, 5.74) is 2.33. The zero-order valence-electron chi connectivity index (χ0n) is 15.2. The van der Waals surface area contributed by atoms with Gasteiger partial charge in [0.1, 0.15) is 5.69 Å². The summed E-state index contributed by atoms with van der Waals surface area (Å²) in [6.07, 6.45) is 3.23. The summed E-state index contributed by atoms with van der Waals surface area (Å²) in [5, 5.41) is 14.0. The van der Waals surface area contributed by atoms with E-state index in [0.29, 0.717) is 30.4 Å². The fourth-order valence-electron chi connectivity index (χ4n) is 3.50. The summed E-state index contributed by atoms with van der Waals surface area (Å²) < 4.78 is 0. The fraction of sp³-hybridized carbons (Fsp3) is 0.316. The summed E-state index contributed by atoms with van der Waals surface area (Å²) in [5.74, 6) is -0.0962. The number of urea groups is 1. The Morgan fingerprint density at radius 3 is 3.00 bits per heavy atom. The van der Waals surface area contributed by atoms with E-state index in [4.69, 9.17) is 11.6 Å². The Hall–Kier alpha value is -3.00. The Morgan fingerprint density at radius 1 is 1.29 bits per heavy atom. The number of nitrogens with zero attached hydrogens (tertiary/aromatic N) is 2. The van der Waals surface area contributed by atoms with Crippen LogP contribution in [-0.4, -0.2) is 51.2 Å². The van der Waals surface area contributed by atoms with Crippen LogP contribution in [0.5, 0.6) is 0 Å². The van der Waals surface area contributed by atoms with Crippen molar-refractivity contribution in [1.29, 1.82) is 0 Å². The van der Waals surface area contributed by atoms with Crippen molar-refractivity contribution in [2.24, 2.45) is 0 Å². The van der Waals surface area contributed by atoms with Crippen molar-refractivity contribution < 1.29 is 9.59 Å². The van der Waals surface area contributed by atoms with Crippen molar-refractivity contribution in [3.63, 3.8) is 0 Å². The van der Waals surface area contributed by atoms with Gasteiger partial charge in [0.05, 0.1) is 6.54 Å². The number of halogens is 1. The fourth-order valence-corrected chi connectivity index (χ4v) is 3.68. The highest BCUT2D eigenvalue weighted by Gasteiger charge is 2.26. The Labute approximate surface area is 166 Å². The molecule has 9 heteroatoms. The molecule has 1 aliphatic heterocycles.